The van der Waals surface area contributed by atoms with Crippen LogP contribution in [0.3, 0.4) is 0 Å². The van der Waals surface area contributed by atoms with Gasteiger partial charge in [0.2, 0.25) is 5.91 Å². The Balaban J connectivity index is 1.98. The molecular weight excluding hydrogens is 344 g/mol. The van der Waals surface area contributed by atoms with Gasteiger partial charge in [0.05, 0.1) is 5.92 Å². The quantitative estimate of drug-likeness (QED) is 0.695. The van der Waals surface area contributed by atoms with Gasteiger partial charge < -0.3 is 10.2 Å². The molecular formula is C21H32N2O2S. The van der Waals surface area contributed by atoms with Gasteiger partial charge >= 0.3 is 0 Å². The lowest BCUT2D eigenvalue weighted by Crippen LogP contribution is -2.49. The van der Waals surface area contributed by atoms with E-state index in [1.807, 2.05) is 40.9 Å². The highest BCUT2D eigenvalue weighted by Crippen LogP contribution is 2.24. The molecule has 2 rings (SSSR count). The Labute approximate surface area is 162 Å². The highest BCUT2D eigenvalue weighted by atomic mass is 32.2. The molecule has 4 nitrogen and oxygen atoms in total. The number of piperidine rings is 1. The molecule has 1 saturated heterocycles. The molecule has 0 bridgehead atoms. The summed E-state index contributed by atoms with van der Waals surface area (Å²) in [6.45, 7) is 7.59. The first-order chi connectivity index (χ1) is 12.6. The van der Waals surface area contributed by atoms with E-state index in [1.54, 1.807) is 0 Å². The predicted octanol–water partition coefficient (Wildman–Crippen LogP) is 4.10. The summed E-state index contributed by atoms with van der Waals surface area (Å²) >= 11 is 1.88. The van der Waals surface area contributed by atoms with Gasteiger partial charge in [0.1, 0.15) is 0 Å². The summed E-state index contributed by atoms with van der Waals surface area (Å²) in [5.74, 6) is 2.11. The maximum atomic E-state index is 13.0. The van der Waals surface area contributed by atoms with Crippen LogP contribution in [0, 0.1) is 5.92 Å². The van der Waals surface area contributed by atoms with Gasteiger partial charge in [-0.3, -0.25) is 9.59 Å². The Morgan fingerprint density at radius 1 is 1.19 bits per heavy atom. The fraction of sp³-hybridized carbons (Fsp3) is 0.619. The van der Waals surface area contributed by atoms with Crippen LogP contribution in [-0.4, -0.2) is 41.6 Å². The van der Waals surface area contributed by atoms with Gasteiger partial charge in [-0.1, -0.05) is 32.4 Å². The zero-order chi connectivity index (χ0) is 18.9. The summed E-state index contributed by atoms with van der Waals surface area (Å²) < 4.78 is 0. The Bertz CT molecular complexity index is 588. The predicted molar refractivity (Wildman–Crippen MR) is 109 cm³/mol. The molecule has 144 valence electrons. The fourth-order valence-corrected chi connectivity index (χ4v) is 3.90. The van der Waals surface area contributed by atoms with E-state index in [1.165, 1.54) is 5.56 Å². The van der Waals surface area contributed by atoms with Crippen molar-refractivity contribution in [2.24, 2.45) is 5.92 Å². The fourth-order valence-electron chi connectivity index (χ4n) is 3.27. The monoisotopic (exact) mass is 376 g/mol. The van der Waals surface area contributed by atoms with Crippen LogP contribution in [0.4, 0.5) is 0 Å². The van der Waals surface area contributed by atoms with E-state index < -0.39 is 0 Å². The molecule has 0 spiro atoms. The molecule has 26 heavy (non-hydrogen) atoms. The van der Waals surface area contributed by atoms with Gasteiger partial charge in [0.25, 0.3) is 5.91 Å². The van der Waals surface area contributed by atoms with Crippen molar-refractivity contribution in [1.29, 1.82) is 0 Å². The van der Waals surface area contributed by atoms with Crippen molar-refractivity contribution in [3.63, 3.8) is 0 Å². The van der Waals surface area contributed by atoms with Crippen molar-refractivity contribution in [3.05, 3.63) is 35.4 Å². The zero-order valence-corrected chi connectivity index (χ0v) is 17.1. The second-order valence-corrected chi connectivity index (χ2v) is 8.33. The van der Waals surface area contributed by atoms with Gasteiger partial charge in [-0.15, -0.1) is 0 Å². The number of carbonyl (C=O) groups is 2. The third-order valence-corrected chi connectivity index (χ3v) is 5.96. The van der Waals surface area contributed by atoms with E-state index in [0.717, 1.165) is 43.7 Å². The van der Waals surface area contributed by atoms with Crippen LogP contribution in [0.5, 0.6) is 0 Å². The highest BCUT2D eigenvalue weighted by Gasteiger charge is 2.32. The van der Waals surface area contributed by atoms with Crippen LogP contribution >= 0.6 is 11.8 Å². The number of nitrogens with zero attached hydrogens (tertiary/aromatic N) is 1. The van der Waals surface area contributed by atoms with Crippen LogP contribution in [0.1, 0.15) is 62.4 Å². The van der Waals surface area contributed by atoms with E-state index in [2.05, 4.69) is 26.1 Å². The Hall–Kier alpha value is -1.49. The number of rotatable bonds is 8. The Kier molecular flexibility index (Phi) is 8.49. The third kappa shape index (κ3) is 5.76. The van der Waals surface area contributed by atoms with E-state index >= 15 is 0 Å². The topological polar surface area (TPSA) is 49.4 Å². The van der Waals surface area contributed by atoms with Crippen molar-refractivity contribution in [1.82, 2.24) is 10.2 Å². The lowest BCUT2D eigenvalue weighted by molar-refractivity contribution is -0.126. The second kappa shape index (κ2) is 10.6. The number of carbonyl (C=O) groups excluding carboxylic acids is 2. The maximum absolute atomic E-state index is 13.0. The molecule has 1 aliphatic heterocycles. The summed E-state index contributed by atoms with van der Waals surface area (Å²) in [6.07, 6.45) is 3.80. The lowest BCUT2D eigenvalue weighted by Gasteiger charge is -2.37. The summed E-state index contributed by atoms with van der Waals surface area (Å²) in [4.78, 5) is 27.2. The molecule has 1 N–H and O–H groups in total. The first-order valence-electron chi connectivity index (χ1n) is 9.82. The Morgan fingerprint density at radius 3 is 2.58 bits per heavy atom. The largest absolute Gasteiger partial charge is 0.356 e. The zero-order valence-electron chi connectivity index (χ0n) is 16.3. The Morgan fingerprint density at radius 2 is 1.92 bits per heavy atom. The van der Waals surface area contributed by atoms with E-state index in [9.17, 15) is 9.59 Å². The van der Waals surface area contributed by atoms with Gasteiger partial charge in [0, 0.05) is 30.4 Å². The van der Waals surface area contributed by atoms with E-state index in [-0.39, 0.29) is 23.8 Å². The van der Waals surface area contributed by atoms with Crippen LogP contribution < -0.4 is 5.32 Å². The highest BCUT2D eigenvalue weighted by molar-refractivity contribution is 7.98. The number of hydrogen-bond donors (Lipinski definition) is 1. The molecule has 5 heteroatoms. The van der Waals surface area contributed by atoms with Crippen LogP contribution in [-0.2, 0) is 10.5 Å². The van der Waals surface area contributed by atoms with Gasteiger partial charge in [-0.05, 0) is 49.6 Å². The molecule has 0 aromatic heterocycles. The van der Waals surface area contributed by atoms with Crippen LogP contribution in [0.25, 0.3) is 0 Å². The van der Waals surface area contributed by atoms with E-state index in [4.69, 9.17) is 0 Å². The molecule has 2 atom stereocenters. The third-order valence-electron chi connectivity index (χ3n) is 5.02. The first kappa shape index (κ1) is 20.8. The minimum atomic E-state index is -0.0905. The van der Waals surface area contributed by atoms with Crippen LogP contribution in [0.15, 0.2) is 24.3 Å². The SMILES string of the molecule is CCCCNC(=O)C1CCC(C)N(C(=O)c2ccc(CSCC)cc2)C1. The van der Waals surface area contributed by atoms with Gasteiger partial charge in [-0.2, -0.15) is 11.8 Å². The molecule has 1 fully saturated rings. The average molecular weight is 377 g/mol. The first-order valence-corrected chi connectivity index (χ1v) is 11.0. The number of likely N-dealkylation sites (tertiary alicyclic amines) is 1. The number of benzene rings is 1. The number of hydrogen-bond acceptors (Lipinski definition) is 3. The molecule has 1 aromatic carbocycles. The number of unbranched alkanes of at least 4 members (excludes halogenated alkanes) is 1. The van der Waals surface area contributed by atoms with Crippen molar-refractivity contribution < 1.29 is 9.59 Å². The molecule has 1 aromatic rings. The average Bonchev–Trinajstić information content (AvgIpc) is 2.66. The molecule has 0 aliphatic carbocycles. The number of thioether (sulfide) groups is 1. The van der Waals surface area contributed by atoms with Crippen LogP contribution in [0.2, 0.25) is 0 Å². The lowest BCUT2D eigenvalue weighted by atomic mass is 9.92. The summed E-state index contributed by atoms with van der Waals surface area (Å²) in [7, 11) is 0. The minimum Gasteiger partial charge on any atom is -0.356 e. The molecule has 1 heterocycles. The summed E-state index contributed by atoms with van der Waals surface area (Å²) in [5, 5.41) is 3.02. The molecule has 0 saturated carbocycles. The molecule has 2 unspecified atom stereocenters. The van der Waals surface area contributed by atoms with Gasteiger partial charge in [0.15, 0.2) is 0 Å². The van der Waals surface area contributed by atoms with Gasteiger partial charge in [-0.25, -0.2) is 0 Å². The smallest absolute Gasteiger partial charge is 0.254 e. The van der Waals surface area contributed by atoms with Crippen molar-refractivity contribution >= 4 is 23.6 Å². The van der Waals surface area contributed by atoms with E-state index in [0.29, 0.717) is 12.1 Å². The molecule has 1 aliphatic rings. The molecule has 2 amide bonds. The van der Waals surface area contributed by atoms with Crippen molar-refractivity contribution in [2.75, 3.05) is 18.8 Å². The maximum Gasteiger partial charge on any atom is 0.254 e. The molecule has 0 radical (unpaired) electrons. The second-order valence-electron chi connectivity index (χ2n) is 7.06. The normalized spacial score (nSPS) is 20.0. The minimum absolute atomic E-state index is 0.0400. The standard InChI is InChI=1S/C21H32N2O2S/c1-4-6-13-22-20(24)19-10-7-16(3)23(14-19)21(25)18-11-8-17(9-12-18)15-26-5-2/h8-9,11-12,16,19H,4-7,10,13-15H2,1-3H3,(H,22,24). The van der Waals surface area contributed by atoms with Crippen molar-refractivity contribution in [3.8, 4) is 0 Å². The summed E-state index contributed by atoms with van der Waals surface area (Å²) in [5.41, 5.74) is 1.96. The number of amides is 2. The number of nitrogens with one attached hydrogen (secondary N) is 1. The van der Waals surface area contributed by atoms with Crippen molar-refractivity contribution in [2.45, 2.75) is 58.2 Å². The summed E-state index contributed by atoms with van der Waals surface area (Å²) in [6, 6.07) is 8.10.